The quantitative estimate of drug-likeness (QED) is 0.0487. The predicted molar refractivity (Wildman–Crippen MR) is 225 cm³/mol. The lowest BCUT2D eigenvalue weighted by Crippen LogP contribution is -2.11. The molecule has 0 N–H and O–H groups in total. The van der Waals surface area contributed by atoms with Gasteiger partial charge in [-0.1, -0.05) is 181 Å². The highest BCUT2D eigenvalue weighted by Crippen LogP contribution is 2.40. The van der Waals surface area contributed by atoms with Crippen molar-refractivity contribution in [2.45, 2.75) is 220 Å². The zero-order chi connectivity index (χ0) is 39.2. The van der Waals surface area contributed by atoms with Crippen molar-refractivity contribution in [3.05, 3.63) is 17.7 Å². The third kappa shape index (κ3) is 28.9. The summed E-state index contributed by atoms with van der Waals surface area (Å²) in [6.45, 7) is 10.9. The molecule has 7 heteroatoms. The van der Waals surface area contributed by atoms with Crippen LogP contribution >= 0.6 is 0 Å². The van der Waals surface area contributed by atoms with Crippen LogP contribution in [0, 0.1) is 0 Å². The lowest BCUT2D eigenvalue weighted by Gasteiger charge is -2.19. The number of unbranched alkanes of at least 4 members (excludes halogenated alkanes) is 26. The number of hydrogen-bond donors (Lipinski definition) is 0. The Balaban J connectivity index is 2.88. The molecule has 0 atom stereocenters. The molecule has 0 heterocycles. The van der Waals surface area contributed by atoms with Crippen molar-refractivity contribution < 1.29 is 33.3 Å². The number of esters is 2. The van der Waals surface area contributed by atoms with E-state index in [0.29, 0.717) is 55.8 Å². The first-order valence-corrected chi connectivity index (χ1v) is 22.9. The fourth-order valence-electron chi connectivity index (χ4n) is 6.67. The predicted octanol–water partition coefficient (Wildman–Crippen LogP) is 14.3. The highest BCUT2D eigenvalue weighted by molar-refractivity contribution is 5.91. The van der Waals surface area contributed by atoms with Gasteiger partial charge in [0.25, 0.3) is 0 Å². The molecule has 0 spiro atoms. The Morgan fingerprint density at radius 1 is 0.389 bits per heavy atom. The fraction of sp³-hybridized carbons (Fsp3) is 0.830. The molecule has 0 aliphatic rings. The van der Waals surface area contributed by atoms with Gasteiger partial charge in [0.05, 0.1) is 38.6 Å². The standard InChI is InChI=1S/C47H84O7/c1-5-8-11-14-17-20-26-31-36-51-44-40-43(47(49)54-39-34-29-24-23-25-30-35-50-42(4)48)41-45(52-37-32-27-21-18-15-12-9-6-2)46(44)53-38-33-28-22-19-16-13-10-7-3/h40-41H,5-39H2,1-4H3. The van der Waals surface area contributed by atoms with Crippen LogP contribution < -0.4 is 14.2 Å². The summed E-state index contributed by atoms with van der Waals surface area (Å²) in [6.07, 6.45) is 35.5. The molecule has 0 fully saturated rings. The molecule has 0 aromatic heterocycles. The molecule has 0 amide bonds. The lowest BCUT2D eigenvalue weighted by molar-refractivity contribution is -0.141. The van der Waals surface area contributed by atoms with Gasteiger partial charge in [-0.25, -0.2) is 4.79 Å². The van der Waals surface area contributed by atoms with Crippen LogP contribution in [0.25, 0.3) is 0 Å². The van der Waals surface area contributed by atoms with Crippen LogP contribution in [-0.4, -0.2) is 45.0 Å². The van der Waals surface area contributed by atoms with Crippen LogP contribution in [0.1, 0.15) is 231 Å². The van der Waals surface area contributed by atoms with Crippen LogP contribution in [0.2, 0.25) is 0 Å². The van der Waals surface area contributed by atoms with Gasteiger partial charge in [0, 0.05) is 6.92 Å². The van der Waals surface area contributed by atoms with Gasteiger partial charge in [0.2, 0.25) is 5.75 Å². The van der Waals surface area contributed by atoms with E-state index in [2.05, 4.69) is 20.8 Å². The van der Waals surface area contributed by atoms with Crippen molar-refractivity contribution in [1.29, 1.82) is 0 Å². The number of benzene rings is 1. The van der Waals surface area contributed by atoms with E-state index in [1.54, 1.807) is 0 Å². The summed E-state index contributed by atoms with van der Waals surface area (Å²) in [7, 11) is 0. The molecule has 0 saturated heterocycles. The van der Waals surface area contributed by atoms with Crippen molar-refractivity contribution in [3.63, 3.8) is 0 Å². The van der Waals surface area contributed by atoms with Gasteiger partial charge in [-0.15, -0.1) is 0 Å². The van der Waals surface area contributed by atoms with E-state index in [9.17, 15) is 9.59 Å². The normalized spacial score (nSPS) is 11.1. The van der Waals surface area contributed by atoms with Gasteiger partial charge in [-0.3, -0.25) is 4.79 Å². The molecule has 1 aromatic carbocycles. The van der Waals surface area contributed by atoms with Gasteiger partial charge in [0.1, 0.15) is 0 Å². The first-order chi connectivity index (χ1) is 26.5. The van der Waals surface area contributed by atoms with Gasteiger partial charge in [-0.05, 0) is 44.2 Å². The van der Waals surface area contributed by atoms with Gasteiger partial charge in [-0.2, -0.15) is 0 Å². The molecular weight excluding hydrogens is 677 g/mol. The second kappa shape index (κ2) is 37.5. The molecule has 0 radical (unpaired) electrons. The van der Waals surface area contributed by atoms with E-state index in [-0.39, 0.29) is 11.9 Å². The minimum atomic E-state index is -0.347. The van der Waals surface area contributed by atoms with E-state index in [1.165, 1.54) is 122 Å². The topological polar surface area (TPSA) is 80.3 Å². The minimum absolute atomic E-state index is 0.220. The maximum absolute atomic E-state index is 13.4. The molecule has 0 bridgehead atoms. The van der Waals surface area contributed by atoms with E-state index in [4.69, 9.17) is 23.7 Å². The number of rotatable bonds is 40. The zero-order valence-electron chi connectivity index (χ0n) is 35.8. The number of carbonyl (C=O) groups excluding carboxylic acids is 2. The lowest BCUT2D eigenvalue weighted by atomic mass is 10.1. The van der Waals surface area contributed by atoms with Gasteiger partial charge < -0.3 is 23.7 Å². The monoisotopic (exact) mass is 761 g/mol. The second-order valence-corrected chi connectivity index (χ2v) is 15.4. The largest absolute Gasteiger partial charge is 0.490 e. The van der Waals surface area contributed by atoms with E-state index in [0.717, 1.165) is 77.0 Å². The van der Waals surface area contributed by atoms with Crippen LogP contribution in [0.15, 0.2) is 12.1 Å². The molecule has 1 rings (SSSR count). The van der Waals surface area contributed by atoms with Crippen molar-refractivity contribution in [2.24, 2.45) is 0 Å². The van der Waals surface area contributed by atoms with Gasteiger partial charge in [0.15, 0.2) is 11.5 Å². The van der Waals surface area contributed by atoms with E-state index >= 15 is 0 Å². The maximum Gasteiger partial charge on any atom is 0.338 e. The Bertz CT molecular complexity index is 967. The molecule has 54 heavy (non-hydrogen) atoms. The zero-order valence-corrected chi connectivity index (χ0v) is 35.8. The summed E-state index contributed by atoms with van der Waals surface area (Å²) < 4.78 is 30.0. The average molecular weight is 761 g/mol. The first kappa shape index (κ1) is 49.6. The summed E-state index contributed by atoms with van der Waals surface area (Å²) in [6, 6.07) is 3.62. The van der Waals surface area contributed by atoms with Crippen molar-refractivity contribution in [2.75, 3.05) is 33.0 Å². The highest BCUT2D eigenvalue weighted by Gasteiger charge is 2.20. The van der Waals surface area contributed by atoms with Crippen LogP contribution in [-0.2, 0) is 14.3 Å². The summed E-state index contributed by atoms with van der Waals surface area (Å²) in [5.41, 5.74) is 0.455. The number of hydrogen-bond acceptors (Lipinski definition) is 7. The molecular formula is C47H84O7. The summed E-state index contributed by atoms with van der Waals surface area (Å²) in [5.74, 6) is 1.24. The Morgan fingerprint density at radius 2 is 0.685 bits per heavy atom. The van der Waals surface area contributed by atoms with E-state index < -0.39 is 0 Å². The van der Waals surface area contributed by atoms with E-state index in [1.807, 2.05) is 12.1 Å². The summed E-state index contributed by atoms with van der Waals surface area (Å²) in [5, 5.41) is 0. The number of carbonyl (C=O) groups is 2. The molecule has 314 valence electrons. The molecule has 7 nitrogen and oxygen atoms in total. The average Bonchev–Trinajstić information content (AvgIpc) is 3.16. The second-order valence-electron chi connectivity index (χ2n) is 15.4. The first-order valence-electron chi connectivity index (χ1n) is 22.9. The Kier molecular flexibility index (Phi) is 34.4. The molecule has 0 unspecified atom stereocenters. The summed E-state index contributed by atoms with van der Waals surface area (Å²) >= 11 is 0. The third-order valence-corrected chi connectivity index (χ3v) is 10.1. The third-order valence-electron chi connectivity index (χ3n) is 10.1. The van der Waals surface area contributed by atoms with Crippen molar-refractivity contribution in [1.82, 2.24) is 0 Å². The Morgan fingerprint density at radius 3 is 1.04 bits per heavy atom. The summed E-state index contributed by atoms with van der Waals surface area (Å²) in [4.78, 5) is 24.3. The SMILES string of the molecule is CCCCCCCCCCOc1cc(C(=O)OCCCCCCCCOC(C)=O)cc(OCCCCCCCCCC)c1OCCCCCCCCCC. The molecule has 0 saturated carbocycles. The van der Waals surface area contributed by atoms with Crippen LogP contribution in [0.4, 0.5) is 0 Å². The fourth-order valence-corrected chi connectivity index (χ4v) is 6.67. The Hall–Kier alpha value is -2.44. The Labute approximate surface area is 332 Å². The van der Waals surface area contributed by atoms with Crippen LogP contribution in [0.5, 0.6) is 17.2 Å². The number of ether oxygens (including phenoxy) is 5. The molecule has 0 aliphatic heterocycles. The van der Waals surface area contributed by atoms with Crippen molar-refractivity contribution >= 4 is 11.9 Å². The van der Waals surface area contributed by atoms with Crippen LogP contribution in [0.3, 0.4) is 0 Å². The van der Waals surface area contributed by atoms with Gasteiger partial charge >= 0.3 is 11.9 Å². The maximum atomic E-state index is 13.4. The minimum Gasteiger partial charge on any atom is -0.490 e. The molecule has 1 aromatic rings. The smallest absolute Gasteiger partial charge is 0.338 e. The van der Waals surface area contributed by atoms with Crippen molar-refractivity contribution in [3.8, 4) is 17.2 Å². The highest BCUT2D eigenvalue weighted by atomic mass is 16.5. The molecule has 0 aliphatic carbocycles.